The molecule has 5 nitrogen and oxygen atoms in total. The Morgan fingerprint density at radius 2 is 2.27 bits per heavy atom. The van der Waals surface area contributed by atoms with Gasteiger partial charge in [0.1, 0.15) is 0 Å². The third-order valence-electron chi connectivity index (χ3n) is 2.79. The van der Waals surface area contributed by atoms with E-state index < -0.39 is 0 Å². The van der Waals surface area contributed by atoms with E-state index in [1.807, 2.05) is 38.1 Å². The van der Waals surface area contributed by atoms with Gasteiger partial charge in [0.2, 0.25) is 11.0 Å². The van der Waals surface area contributed by atoms with Gasteiger partial charge in [-0.15, -0.1) is 10.2 Å². The van der Waals surface area contributed by atoms with Crippen LogP contribution < -0.4 is 10.6 Å². The number of amides is 1. The zero-order valence-electron chi connectivity index (χ0n) is 12.3. The smallest absolute Gasteiger partial charge is 0.230 e. The fourth-order valence-corrected chi connectivity index (χ4v) is 3.59. The van der Waals surface area contributed by atoms with Gasteiger partial charge in [-0.3, -0.25) is 4.79 Å². The Labute approximate surface area is 142 Å². The summed E-state index contributed by atoms with van der Waals surface area (Å²) in [5, 5.41) is 15.5. The van der Waals surface area contributed by atoms with Crippen LogP contribution in [0.25, 0.3) is 0 Å². The van der Waals surface area contributed by atoms with Crippen molar-refractivity contribution in [3.63, 3.8) is 0 Å². The van der Waals surface area contributed by atoms with Gasteiger partial charge in [0.15, 0.2) is 4.34 Å². The zero-order chi connectivity index (χ0) is 15.9. The number of thioether (sulfide) groups is 1. The number of nitrogens with zero attached hydrogens (tertiary/aromatic N) is 2. The van der Waals surface area contributed by atoms with Crippen molar-refractivity contribution >= 4 is 45.7 Å². The maximum absolute atomic E-state index is 12.0. The number of benzene rings is 1. The lowest BCUT2D eigenvalue weighted by Crippen LogP contribution is -2.28. The number of nitrogens with one attached hydrogen (secondary N) is 2. The van der Waals surface area contributed by atoms with Crippen molar-refractivity contribution in [3.05, 3.63) is 34.9 Å². The Bertz CT molecular complexity index is 635. The van der Waals surface area contributed by atoms with E-state index in [9.17, 15) is 4.79 Å². The first-order valence-corrected chi connectivity index (χ1v) is 9.01. The molecular weight excluding hydrogens is 340 g/mol. The summed E-state index contributed by atoms with van der Waals surface area (Å²) in [6, 6.07) is 7.40. The number of halogens is 1. The highest BCUT2D eigenvalue weighted by Gasteiger charge is 2.12. The van der Waals surface area contributed by atoms with Crippen LogP contribution in [0.5, 0.6) is 0 Å². The highest BCUT2D eigenvalue weighted by atomic mass is 35.5. The summed E-state index contributed by atoms with van der Waals surface area (Å²) in [7, 11) is 0. The number of rotatable bonds is 7. The van der Waals surface area contributed by atoms with Gasteiger partial charge in [-0.05, 0) is 31.5 Å². The first-order chi connectivity index (χ1) is 10.6. The lowest BCUT2D eigenvalue weighted by molar-refractivity contribution is -0.119. The molecule has 8 heteroatoms. The molecule has 0 bridgehead atoms. The predicted octanol–water partition coefficient (Wildman–Crippen LogP) is 3.59. The molecule has 1 aromatic carbocycles. The van der Waals surface area contributed by atoms with E-state index in [4.69, 9.17) is 11.6 Å². The number of carbonyl (C=O) groups excluding carboxylic acids is 1. The molecule has 0 spiro atoms. The summed E-state index contributed by atoms with van der Waals surface area (Å²) in [6.45, 7) is 4.73. The lowest BCUT2D eigenvalue weighted by atomic mass is 10.1. The zero-order valence-corrected chi connectivity index (χ0v) is 14.7. The van der Waals surface area contributed by atoms with Crippen molar-refractivity contribution in [2.24, 2.45) is 0 Å². The minimum atomic E-state index is -0.0847. The summed E-state index contributed by atoms with van der Waals surface area (Å²) < 4.78 is 0.779. The van der Waals surface area contributed by atoms with Gasteiger partial charge in [-0.1, -0.05) is 46.8 Å². The van der Waals surface area contributed by atoms with Crippen molar-refractivity contribution in [2.75, 3.05) is 17.6 Å². The number of anilines is 1. The monoisotopic (exact) mass is 356 g/mol. The van der Waals surface area contributed by atoms with E-state index in [2.05, 4.69) is 20.8 Å². The van der Waals surface area contributed by atoms with Crippen LogP contribution in [-0.2, 0) is 4.79 Å². The van der Waals surface area contributed by atoms with Gasteiger partial charge in [-0.25, -0.2) is 0 Å². The number of hydrogen-bond donors (Lipinski definition) is 2. The molecule has 0 aliphatic carbocycles. The van der Waals surface area contributed by atoms with Crippen LogP contribution in [0.4, 0.5) is 5.13 Å². The van der Waals surface area contributed by atoms with Gasteiger partial charge in [-0.2, -0.15) is 0 Å². The van der Waals surface area contributed by atoms with E-state index in [1.54, 1.807) is 0 Å². The molecular formula is C14H17ClN4OS2. The molecule has 2 rings (SSSR count). The minimum Gasteiger partial charge on any atom is -0.360 e. The second-order valence-electron chi connectivity index (χ2n) is 4.54. The van der Waals surface area contributed by atoms with Crippen molar-refractivity contribution in [1.82, 2.24) is 15.5 Å². The van der Waals surface area contributed by atoms with E-state index in [0.717, 1.165) is 21.6 Å². The first-order valence-electron chi connectivity index (χ1n) is 6.83. The normalized spacial score (nSPS) is 12.0. The topological polar surface area (TPSA) is 66.9 Å². The summed E-state index contributed by atoms with van der Waals surface area (Å²) in [5.74, 6) is 0.267. The molecule has 118 valence electrons. The molecule has 22 heavy (non-hydrogen) atoms. The van der Waals surface area contributed by atoms with Crippen LogP contribution >= 0.6 is 34.7 Å². The molecule has 2 aromatic rings. The average molecular weight is 357 g/mol. The summed E-state index contributed by atoms with van der Waals surface area (Å²) in [6.07, 6.45) is 0. The number of aromatic nitrogens is 2. The third kappa shape index (κ3) is 5.15. The van der Waals surface area contributed by atoms with Crippen LogP contribution in [0, 0.1) is 0 Å². The fraction of sp³-hybridized carbons (Fsp3) is 0.357. The van der Waals surface area contributed by atoms with Gasteiger partial charge < -0.3 is 10.6 Å². The Balaban J connectivity index is 1.82. The number of carbonyl (C=O) groups is 1. The molecule has 0 unspecified atom stereocenters. The highest BCUT2D eigenvalue weighted by Crippen LogP contribution is 2.25. The van der Waals surface area contributed by atoms with Crippen LogP contribution in [-0.4, -0.2) is 28.4 Å². The quantitative estimate of drug-likeness (QED) is 0.742. The average Bonchev–Trinajstić information content (AvgIpc) is 2.93. The Kier molecular flexibility index (Phi) is 6.48. The molecule has 2 N–H and O–H groups in total. The second-order valence-corrected chi connectivity index (χ2v) is 7.17. The third-order valence-corrected chi connectivity index (χ3v) is 5.04. The van der Waals surface area contributed by atoms with Crippen molar-refractivity contribution in [3.8, 4) is 0 Å². The van der Waals surface area contributed by atoms with Crippen LogP contribution in [0.2, 0.25) is 5.02 Å². The maximum Gasteiger partial charge on any atom is 0.230 e. The Morgan fingerprint density at radius 1 is 1.45 bits per heavy atom. The van der Waals surface area contributed by atoms with Crippen LogP contribution in [0.15, 0.2) is 28.6 Å². The predicted molar refractivity (Wildman–Crippen MR) is 92.8 cm³/mol. The van der Waals surface area contributed by atoms with E-state index in [0.29, 0.717) is 10.8 Å². The molecule has 0 saturated heterocycles. The standard InChI is InChI=1S/C14H17ClN4OS2/c1-3-16-13-18-19-14(22-13)21-8-12(20)17-9(2)10-5-4-6-11(15)7-10/h4-7,9H,3,8H2,1-2H3,(H,16,18)(H,17,20)/t9-/m1/s1. The maximum atomic E-state index is 12.0. The first kappa shape index (κ1) is 17.1. The van der Waals surface area contributed by atoms with E-state index >= 15 is 0 Å². The summed E-state index contributed by atoms with van der Waals surface area (Å²) in [5.41, 5.74) is 0.983. The Morgan fingerprint density at radius 3 is 3.00 bits per heavy atom. The summed E-state index contributed by atoms with van der Waals surface area (Å²) >= 11 is 8.79. The van der Waals surface area contributed by atoms with Crippen molar-refractivity contribution in [2.45, 2.75) is 24.2 Å². The molecule has 1 amide bonds. The van der Waals surface area contributed by atoms with Gasteiger partial charge in [0.05, 0.1) is 11.8 Å². The molecule has 0 radical (unpaired) electrons. The molecule has 1 heterocycles. The molecule has 0 aliphatic rings. The van der Waals surface area contributed by atoms with Gasteiger partial charge in [0.25, 0.3) is 0 Å². The Hall–Kier alpha value is -1.31. The largest absolute Gasteiger partial charge is 0.360 e. The molecule has 1 atom stereocenters. The molecule has 0 aliphatic heterocycles. The van der Waals surface area contributed by atoms with Crippen molar-refractivity contribution in [1.29, 1.82) is 0 Å². The van der Waals surface area contributed by atoms with Crippen LogP contribution in [0.3, 0.4) is 0 Å². The van der Waals surface area contributed by atoms with Crippen molar-refractivity contribution < 1.29 is 4.79 Å². The highest BCUT2D eigenvalue weighted by molar-refractivity contribution is 8.01. The van der Waals surface area contributed by atoms with Gasteiger partial charge in [0, 0.05) is 11.6 Å². The molecule has 0 fully saturated rings. The molecule has 1 aromatic heterocycles. The summed E-state index contributed by atoms with van der Waals surface area (Å²) in [4.78, 5) is 12.0. The number of hydrogen-bond acceptors (Lipinski definition) is 6. The van der Waals surface area contributed by atoms with E-state index in [-0.39, 0.29) is 11.9 Å². The minimum absolute atomic E-state index is 0.0438. The van der Waals surface area contributed by atoms with E-state index in [1.165, 1.54) is 23.1 Å². The SMILES string of the molecule is CCNc1nnc(SCC(=O)N[C@H](C)c2cccc(Cl)c2)s1. The van der Waals surface area contributed by atoms with Crippen LogP contribution in [0.1, 0.15) is 25.5 Å². The lowest BCUT2D eigenvalue weighted by Gasteiger charge is -2.14. The second kappa shape index (κ2) is 8.36. The fourth-order valence-electron chi connectivity index (χ4n) is 1.76. The molecule has 0 saturated carbocycles. The van der Waals surface area contributed by atoms with Gasteiger partial charge >= 0.3 is 0 Å².